The fourth-order valence-electron chi connectivity index (χ4n) is 1.78. The molecule has 0 fully saturated rings. The Hall–Kier alpha value is -1.99. The van der Waals surface area contributed by atoms with Gasteiger partial charge in [0.15, 0.2) is 0 Å². The summed E-state index contributed by atoms with van der Waals surface area (Å²) >= 11 is 0. The molecule has 0 aliphatic carbocycles. The topological polar surface area (TPSA) is 77.5 Å². The number of sulfonamides is 1. The Balaban J connectivity index is 0.00000242. The standard InChI is InChI=1S/C14H16N2O4S.ClH/c1-10-6-7-15-14(8-10)16-21(17,18)13-9-11(19-2)4-5-12(13)20-3;/h4-9H,1-3H3,(H,15,16);1H. The second kappa shape index (κ2) is 7.33. The zero-order valence-corrected chi connectivity index (χ0v) is 14.0. The minimum absolute atomic E-state index is 0. The van der Waals surface area contributed by atoms with Crippen molar-refractivity contribution in [2.24, 2.45) is 0 Å². The SMILES string of the molecule is COc1ccc(OC)c(S(=O)(=O)Nc2cc(C)ccn2)c1.Cl. The number of hydrogen-bond acceptors (Lipinski definition) is 5. The van der Waals surface area contributed by atoms with Crippen molar-refractivity contribution in [2.75, 3.05) is 18.9 Å². The van der Waals surface area contributed by atoms with Gasteiger partial charge < -0.3 is 9.47 Å². The van der Waals surface area contributed by atoms with Crippen LogP contribution in [0.15, 0.2) is 41.4 Å². The van der Waals surface area contributed by atoms with Crippen LogP contribution in [-0.4, -0.2) is 27.6 Å². The van der Waals surface area contributed by atoms with Gasteiger partial charge in [-0.3, -0.25) is 4.72 Å². The predicted molar refractivity (Wildman–Crippen MR) is 86.6 cm³/mol. The highest BCUT2D eigenvalue weighted by Gasteiger charge is 2.21. The van der Waals surface area contributed by atoms with Crippen LogP contribution in [0, 0.1) is 6.92 Å². The van der Waals surface area contributed by atoms with Crippen molar-refractivity contribution >= 4 is 28.2 Å². The maximum Gasteiger partial charge on any atom is 0.266 e. The van der Waals surface area contributed by atoms with E-state index in [2.05, 4.69) is 9.71 Å². The van der Waals surface area contributed by atoms with Gasteiger partial charge in [-0.1, -0.05) is 0 Å². The van der Waals surface area contributed by atoms with Crippen LogP contribution in [0.1, 0.15) is 5.56 Å². The highest BCUT2D eigenvalue weighted by atomic mass is 35.5. The number of rotatable bonds is 5. The van der Waals surface area contributed by atoms with Crippen LogP contribution in [0.4, 0.5) is 5.82 Å². The second-order valence-electron chi connectivity index (χ2n) is 4.34. The summed E-state index contributed by atoms with van der Waals surface area (Å²) in [6.07, 6.45) is 1.54. The number of aryl methyl sites for hydroxylation is 1. The molecule has 0 aliphatic rings. The molecule has 1 aromatic heterocycles. The third kappa shape index (κ3) is 4.02. The van der Waals surface area contributed by atoms with Gasteiger partial charge in [0.05, 0.1) is 14.2 Å². The minimum atomic E-state index is -3.82. The monoisotopic (exact) mass is 344 g/mol. The third-order valence-corrected chi connectivity index (χ3v) is 4.19. The molecule has 0 radical (unpaired) electrons. The maximum absolute atomic E-state index is 12.5. The van der Waals surface area contributed by atoms with Crippen molar-refractivity contribution < 1.29 is 17.9 Å². The first-order valence-corrected chi connectivity index (χ1v) is 7.62. The molecule has 1 N–H and O–H groups in total. The molecular weight excluding hydrogens is 328 g/mol. The average molecular weight is 345 g/mol. The highest BCUT2D eigenvalue weighted by molar-refractivity contribution is 7.92. The lowest BCUT2D eigenvalue weighted by molar-refractivity contribution is 0.392. The number of aromatic nitrogens is 1. The number of methoxy groups -OCH3 is 2. The fraction of sp³-hybridized carbons (Fsp3) is 0.214. The van der Waals surface area contributed by atoms with Gasteiger partial charge in [0, 0.05) is 12.3 Å². The van der Waals surface area contributed by atoms with E-state index in [0.29, 0.717) is 5.75 Å². The first-order valence-electron chi connectivity index (χ1n) is 6.14. The lowest BCUT2D eigenvalue weighted by atomic mass is 10.3. The molecule has 2 aromatic rings. The van der Waals surface area contributed by atoms with Crippen LogP contribution >= 0.6 is 12.4 Å². The Morgan fingerprint density at radius 1 is 1.09 bits per heavy atom. The lowest BCUT2D eigenvalue weighted by Crippen LogP contribution is -2.15. The Bertz CT molecular complexity index is 750. The summed E-state index contributed by atoms with van der Waals surface area (Å²) in [6, 6.07) is 7.99. The molecule has 0 saturated carbocycles. The molecule has 1 aromatic carbocycles. The highest BCUT2D eigenvalue weighted by Crippen LogP contribution is 2.29. The minimum Gasteiger partial charge on any atom is -0.497 e. The molecule has 0 saturated heterocycles. The fourth-order valence-corrected chi connectivity index (χ4v) is 2.96. The number of benzene rings is 1. The van der Waals surface area contributed by atoms with Crippen molar-refractivity contribution in [1.29, 1.82) is 0 Å². The molecule has 0 amide bonds. The number of ether oxygens (including phenoxy) is 2. The number of hydrogen-bond donors (Lipinski definition) is 1. The number of halogens is 1. The van der Waals surface area contributed by atoms with E-state index in [0.717, 1.165) is 5.56 Å². The van der Waals surface area contributed by atoms with E-state index in [-0.39, 0.29) is 28.9 Å². The van der Waals surface area contributed by atoms with E-state index < -0.39 is 10.0 Å². The summed E-state index contributed by atoms with van der Waals surface area (Å²) in [4.78, 5) is 3.98. The van der Waals surface area contributed by atoms with Gasteiger partial charge in [-0.15, -0.1) is 12.4 Å². The van der Waals surface area contributed by atoms with Gasteiger partial charge >= 0.3 is 0 Å². The van der Waals surface area contributed by atoms with E-state index >= 15 is 0 Å². The summed E-state index contributed by atoms with van der Waals surface area (Å²) < 4.78 is 37.5. The van der Waals surface area contributed by atoms with Crippen LogP contribution in [0.3, 0.4) is 0 Å². The van der Waals surface area contributed by atoms with Crippen LogP contribution in [-0.2, 0) is 10.0 Å². The molecule has 8 heteroatoms. The molecule has 2 rings (SSSR count). The van der Waals surface area contributed by atoms with E-state index in [1.807, 2.05) is 6.92 Å². The van der Waals surface area contributed by atoms with Gasteiger partial charge in [-0.2, -0.15) is 0 Å². The first-order chi connectivity index (χ1) is 9.96. The van der Waals surface area contributed by atoms with Gasteiger partial charge in [0.25, 0.3) is 10.0 Å². The van der Waals surface area contributed by atoms with Crippen molar-refractivity contribution in [3.8, 4) is 11.5 Å². The van der Waals surface area contributed by atoms with Crippen LogP contribution in [0.25, 0.3) is 0 Å². The molecule has 6 nitrogen and oxygen atoms in total. The lowest BCUT2D eigenvalue weighted by Gasteiger charge is -2.12. The van der Waals surface area contributed by atoms with Crippen molar-refractivity contribution in [3.63, 3.8) is 0 Å². The number of nitrogens with zero attached hydrogens (tertiary/aromatic N) is 1. The first kappa shape index (κ1) is 18.1. The maximum atomic E-state index is 12.5. The Morgan fingerprint density at radius 3 is 2.41 bits per heavy atom. The zero-order chi connectivity index (χ0) is 15.5. The molecule has 22 heavy (non-hydrogen) atoms. The largest absolute Gasteiger partial charge is 0.497 e. The summed E-state index contributed by atoms with van der Waals surface area (Å²) in [7, 11) is -0.948. The third-order valence-electron chi connectivity index (χ3n) is 2.81. The van der Waals surface area contributed by atoms with E-state index in [1.54, 1.807) is 18.2 Å². The molecule has 0 bridgehead atoms. The van der Waals surface area contributed by atoms with Crippen molar-refractivity contribution in [1.82, 2.24) is 4.98 Å². The Kier molecular flexibility index (Phi) is 6.01. The van der Waals surface area contributed by atoms with Gasteiger partial charge in [-0.25, -0.2) is 13.4 Å². The molecule has 0 unspecified atom stereocenters. The normalized spacial score (nSPS) is 10.5. The van der Waals surface area contributed by atoms with Crippen LogP contribution < -0.4 is 14.2 Å². The van der Waals surface area contributed by atoms with Crippen LogP contribution in [0.5, 0.6) is 11.5 Å². The van der Waals surface area contributed by atoms with E-state index in [9.17, 15) is 8.42 Å². The van der Waals surface area contributed by atoms with Crippen molar-refractivity contribution in [3.05, 3.63) is 42.1 Å². The predicted octanol–water partition coefficient (Wildman–Crippen LogP) is 2.63. The number of nitrogens with one attached hydrogen (secondary N) is 1. The Morgan fingerprint density at radius 2 is 1.82 bits per heavy atom. The summed E-state index contributed by atoms with van der Waals surface area (Å²) in [5.41, 5.74) is 0.903. The molecule has 0 spiro atoms. The van der Waals surface area contributed by atoms with Gasteiger partial charge in [0.1, 0.15) is 22.2 Å². The van der Waals surface area contributed by atoms with Crippen molar-refractivity contribution in [2.45, 2.75) is 11.8 Å². The molecule has 1 heterocycles. The van der Waals surface area contributed by atoms with E-state index in [4.69, 9.17) is 9.47 Å². The molecular formula is C14H17ClN2O4S. The molecule has 0 aliphatic heterocycles. The molecule has 120 valence electrons. The number of anilines is 1. The molecule has 0 atom stereocenters. The zero-order valence-electron chi connectivity index (χ0n) is 12.4. The summed E-state index contributed by atoms with van der Waals surface area (Å²) in [6.45, 7) is 1.85. The van der Waals surface area contributed by atoms with E-state index in [1.165, 1.54) is 32.5 Å². The number of pyridine rings is 1. The second-order valence-corrected chi connectivity index (χ2v) is 5.99. The Labute approximate surface area is 135 Å². The summed E-state index contributed by atoms with van der Waals surface area (Å²) in [5, 5.41) is 0. The van der Waals surface area contributed by atoms with Gasteiger partial charge in [0.2, 0.25) is 0 Å². The van der Waals surface area contributed by atoms with Gasteiger partial charge in [-0.05, 0) is 36.8 Å². The average Bonchev–Trinajstić information content (AvgIpc) is 2.46. The smallest absolute Gasteiger partial charge is 0.266 e. The van der Waals surface area contributed by atoms with Crippen LogP contribution in [0.2, 0.25) is 0 Å². The summed E-state index contributed by atoms with van der Waals surface area (Å²) in [5.74, 6) is 0.907. The quantitative estimate of drug-likeness (QED) is 0.902.